The summed E-state index contributed by atoms with van der Waals surface area (Å²) < 4.78 is 19.1. The fourth-order valence-corrected chi connectivity index (χ4v) is 8.55. The van der Waals surface area contributed by atoms with Crippen molar-refractivity contribution in [2.24, 2.45) is 21.7 Å². The van der Waals surface area contributed by atoms with E-state index in [0.717, 1.165) is 51.7 Å². The first-order valence-corrected chi connectivity index (χ1v) is 11.7. The van der Waals surface area contributed by atoms with Crippen molar-refractivity contribution in [3.8, 4) is 0 Å². The van der Waals surface area contributed by atoms with E-state index in [2.05, 4.69) is 34.6 Å². The summed E-state index contributed by atoms with van der Waals surface area (Å²) in [5.41, 5.74) is 0.533. The summed E-state index contributed by atoms with van der Waals surface area (Å²) in [6.07, 6.45) is 9.76. The molecule has 2 heterocycles. The Bertz CT molecular complexity index is 659. The van der Waals surface area contributed by atoms with E-state index < -0.39 is 0 Å². The maximum atomic E-state index is 10.5. The summed E-state index contributed by atoms with van der Waals surface area (Å²) in [4.78, 5) is 0. The Morgan fingerprint density at radius 2 is 1.50 bits per heavy atom. The van der Waals surface area contributed by atoms with Gasteiger partial charge in [0.05, 0.1) is 25.4 Å². The molecule has 0 aromatic rings. The van der Waals surface area contributed by atoms with E-state index in [0.29, 0.717) is 6.10 Å². The van der Waals surface area contributed by atoms with Gasteiger partial charge in [0.25, 0.3) is 0 Å². The van der Waals surface area contributed by atoms with Crippen molar-refractivity contribution in [2.45, 2.75) is 116 Å². The Hall–Kier alpha value is -0.160. The molecule has 1 N–H and O–H groups in total. The zero-order valence-electron chi connectivity index (χ0n) is 18.6. The summed E-state index contributed by atoms with van der Waals surface area (Å²) in [6, 6.07) is 0. The van der Waals surface area contributed by atoms with Crippen molar-refractivity contribution in [2.75, 3.05) is 13.2 Å². The van der Waals surface area contributed by atoms with Gasteiger partial charge in [0, 0.05) is 23.7 Å². The molecule has 160 valence electrons. The fourth-order valence-electron chi connectivity index (χ4n) is 8.55. The van der Waals surface area contributed by atoms with Gasteiger partial charge in [0.1, 0.15) is 5.60 Å². The molecule has 2 spiro atoms. The van der Waals surface area contributed by atoms with E-state index in [9.17, 15) is 5.11 Å². The first-order valence-electron chi connectivity index (χ1n) is 11.7. The molecule has 2 saturated heterocycles. The van der Waals surface area contributed by atoms with Gasteiger partial charge >= 0.3 is 0 Å². The molecule has 2 aliphatic heterocycles. The van der Waals surface area contributed by atoms with Crippen molar-refractivity contribution < 1.29 is 19.3 Å². The third kappa shape index (κ3) is 2.11. The van der Waals surface area contributed by atoms with Crippen LogP contribution in [-0.2, 0) is 14.2 Å². The molecule has 0 bridgehead atoms. The van der Waals surface area contributed by atoms with Crippen molar-refractivity contribution >= 4 is 0 Å². The minimum Gasteiger partial charge on any atom is -0.393 e. The maximum Gasteiger partial charge on any atom is 0.174 e. The zero-order valence-corrected chi connectivity index (χ0v) is 18.6. The quantitative estimate of drug-likeness (QED) is 0.684. The van der Waals surface area contributed by atoms with Crippen molar-refractivity contribution in [1.29, 1.82) is 0 Å². The summed E-state index contributed by atoms with van der Waals surface area (Å²) in [6.45, 7) is 13.7. The van der Waals surface area contributed by atoms with Gasteiger partial charge in [-0.25, -0.2) is 0 Å². The SMILES string of the molecule is CC[C@H]1O[C@]12C[C@@H](O)CC[C@]2(C)[C@@]1(C)CC[C@]2(C)C3(CC[C@@]2(C)C1)OCCO3. The van der Waals surface area contributed by atoms with Crippen molar-refractivity contribution in [3.05, 3.63) is 0 Å². The minimum atomic E-state index is -0.355. The van der Waals surface area contributed by atoms with Gasteiger partial charge in [-0.3, -0.25) is 0 Å². The molecule has 4 nitrogen and oxygen atoms in total. The molecule has 0 unspecified atom stereocenters. The average Bonchev–Trinajstić information content (AvgIpc) is 3.04. The molecular weight excluding hydrogens is 352 g/mol. The van der Waals surface area contributed by atoms with Crippen LogP contribution < -0.4 is 0 Å². The average molecular weight is 393 g/mol. The van der Waals surface area contributed by atoms with Gasteiger partial charge in [0.15, 0.2) is 5.79 Å². The molecule has 0 amide bonds. The van der Waals surface area contributed by atoms with Gasteiger partial charge in [-0.15, -0.1) is 0 Å². The third-order valence-corrected chi connectivity index (χ3v) is 10.9. The molecule has 0 aromatic carbocycles. The first-order chi connectivity index (χ1) is 13.1. The predicted molar refractivity (Wildman–Crippen MR) is 108 cm³/mol. The lowest BCUT2D eigenvalue weighted by molar-refractivity contribution is -0.260. The Morgan fingerprint density at radius 1 is 0.857 bits per heavy atom. The Labute approximate surface area is 170 Å². The molecule has 28 heavy (non-hydrogen) atoms. The standard InChI is InChI=1S/C24H40O4/c1-6-18-23(28-18)15-17(25)7-8-21(23,4)19(2)9-11-22(5)20(3,16-19)10-12-24(22)26-13-14-27-24/h17-18,25H,6-16H2,1-5H3/t17-,18+,19-,20-,21+,22-,23+/m0/s1. The van der Waals surface area contributed by atoms with Crippen LogP contribution in [0.15, 0.2) is 0 Å². The monoisotopic (exact) mass is 392 g/mol. The molecule has 7 atom stereocenters. The number of hydrogen-bond acceptors (Lipinski definition) is 4. The van der Waals surface area contributed by atoms with Gasteiger partial charge in [-0.1, -0.05) is 34.6 Å². The maximum absolute atomic E-state index is 10.5. The Kier molecular flexibility index (Phi) is 4.06. The molecule has 4 heteroatoms. The van der Waals surface area contributed by atoms with Gasteiger partial charge < -0.3 is 19.3 Å². The molecular formula is C24H40O4. The van der Waals surface area contributed by atoms with E-state index in [1.54, 1.807) is 0 Å². The lowest BCUT2D eigenvalue weighted by Crippen LogP contribution is -2.61. The van der Waals surface area contributed by atoms with Gasteiger partial charge in [-0.05, 0) is 55.8 Å². The van der Waals surface area contributed by atoms with Crippen LogP contribution in [-0.4, -0.2) is 41.9 Å². The van der Waals surface area contributed by atoms with E-state index in [-0.39, 0.29) is 39.2 Å². The zero-order chi connectivity index (χ0) is 20.1. The van der Waals surface area contributed by atoms with E-state index in [1.807, 2.05) is 0 Å². The summed E-state index contributed by atoms with van der Waals surface area (Å²) in [5.74, 6) is -0.355. The Balaban J connectivity index is 1.49. The second-order valence-corrected chi connectivity index (χ2v) is 11.7. The molecule has 5 aliphatic rings. The highest BCUT2D eigenvalue weighted by Crippen LogP contribution is 2.76. The number of ether oxygens (including phenoxy) is 3. The summed E-state index contributed by atoms with van der Waals surface area (Å²) in [5, 5.41) is 10.5. The first kappa shape index (κ1) is 19.8. The molecule has 5 rings (SSSR count). The van der Waals surface area contributed by atoms with Crippen LogP contribution in [0.5, 0.6) is 0 Å². The normalized spacial score (nSPS) is 57.6. The lowest BCUT2D eigenvalue weighted by atomic mass is 9.42. The number of hydrogen-bond donors (Lipinski definition) is 1. The predicted octanol–water partition coefficient (Wildman–Crippen LogP) is 4.82. The third-order valence-electron chi connectivity index (χ3n) is 10.9. The molecule has 0 radical (unpaired) electrons. The van der Waals surface area contributed by atoms with Gasteiger partial charge in [0.2, 0.25) is 0 Å². The number of aliphatic hydroxyl groups excluding tert-OH is 1. The van der Waals surface area contributed by atoms with E-state index >= 15 is 0 Å². The smallest absolute Gasteiger partial charge is 0.174 e. The van der Waals surface area contributed by atoms with Crippen LogP contribution in [0.3, 0.4) is 0 Å². The number of epoxide rings is 1. The molecule has 3 saturated carbocycles. The molecule has 0 aromatic heterocycles. The minimum absolute atomic E-state index is 0.0856. The largest absolute Gasteiger partial charge is 0.393 e. The highest BCUT2D eigenvalue weighted by molar-refractivity contribution is 5.23. The van der Waals surface area contributed by atoms with Crippen molar-refractivity contribution in [1.82, 2.24) is 0 Å². The van der Waals surface area contributed by atoms with E-state index in [4.69, 9.17) is 14.2 Å². The number of rotatable bonds is 2. The van der Waals surface area contributed by atoms with E-state index in [1.165, 1.54) is 19.3 Å². The van der Waals surface area contributed by atoms with Crippen LogP contribution in [0.2, 0.25) is 0 Å². The van der Waals surface area contributed by atoms with Crippen LogP contribution in [0.1, 0.15) is 92.4 Å². The lowest BCUT2D eigenvalue weighted by Gasteiger charge is -2.63. The fraction of sp³-hybridized carbons (Fsp3) is 1.00. The topological polar surface area (TPSA) is 51.2 Å². The molecule has 5 fully saturated rings. The number of aliphatic hydroxyl groups is 1. The molecule has 3 aliphatic carbocycles. The second kappa shape index (κ2) is 5.75. The van der Waals surface area contributed by atoms with Crippen LogP contribution in [0.25, 0.3) is 0 Å². The highest BCUT2D eigenvalue weighted by Gasteiger charge is 2.76. The van der Waals surface area contributed by atoms with Crippen LogP contribution in [0, 0.1) is 21.7 Å². The van der Waals surface area contributed by atoms with Crippen molar-refractivity contribution in [3.63, 3.8) is 0 Å². The van der Waals surface area contributed by atoms with Gasteiger partial charge in [-0.2, -0.15) is 0 Å². The van der Waals surface area contributed by atoms with Crippen LogP contribution >= 0.6 is 0 Å². The van der Waals surface area contributed by atoms with Crippen LogP contribution in [0.4, 0.5) is 0 Å². The highest BCUT2D eigenvalue weighted by atomic mass is 16.7. The number of fused-ring (bicyclic) bond motifs is 2. The Morgan fingerprint density at radius 3 is 2.14 bits per heavy atom. The summed E-state index contributed by atoms with van der Waals surface area (Å²) in [7, 11) is 0. The summed E-state index contributed by atoms with van der Waals surface area (Å²) >= 11 is 0. The second-order valence-electron chi connectivity index (χ2n) is 11.7.